The summed E-state index contributed by atoms with van der Waals surface area (Å²) < 4.78 is 22.3. The molecule has 0 rings (SSSR count). The zero-order valence-electron chi connectivity index (χ0n) is 15.3. The van der Waals surface area contributed by atoms with Gasteiger partial charge in [0.1, 0.15) is 0 Å². The Kier molecular flexibility index (Phi) is 15.6. The molecule has 0 aromatic heterocycles. The van der Waals surface area contributed by atoms with Crippen LogP contribution in [0, 0.1) is 0 Å². The van der Waals surface area contributed by atoms with E-state index in [0.717, 1.165) is 6.42 Å². The Morgan fingerprint density at radius 3 is 1.32 bits per heavy atom. The van der Waals surface area contributed by atoms with E-state index in [1.165, 1.54) is 51.4 Å². The third kappa shape index (κ3) is 11.4. The molecule has 134 valence electrons. The molecule has 0 aromatic rings. The van der Waals surface area contributed by atoms with E-state index in [1.807, 2.05) is 20.8 Å². The Morgan fingerprint density at radius 2 is 0.909 bits per heavy atom. The van der Waals surface area contributed by atoms with Gasteiger partial charge < -0.3 is 18.9 Å². The molecule has 0 heterocycles. The Balaban J connectivity index is 3.70. The van der Waals surface area contributed by atoms with Crippen molar-refractivity contribution in [2.75, 3.05) is 26.4 Å². The van der Waals surface area contributed by atoms with Crippen molar-refractivity contribution in [2.45, 2.75) is 91.6 Å². The second kappa shape index (κ2) is 15.7. The van der Waals surface area contributed by atoms with Gasteiger partial charge in [-0.25, -0.2) is 0 Å². The van der Waals surface area contributed by atoms with Gasteiger partial charge in [0.2, 0.25) is 0 Å². The SMILES string of the molecule is CCCCCCCCCCCOC(OCC)(OCC)OCC. The minimum absolute atomic E-state index is 0.498. The van der Waals surface area contributed by atoms with Gasteiger partial charge in [-0.1, -0.05) is 58.3 Å². The summed E-state index contributed by atoms with van der Waals surface area (Å²) in [7, 11) is 0. The van der Waals surface area contributed by atoms with Crippen LogP contribution in [0.4, 0.5) is 0 Å². The summed E-state index contributed by atoms with van der Waals surface area (Å²) in [5.74, 6) is 0. The highest BCUT2D eigenvalue weighted by molar-refractivity contribution is 4.48. The molecular weight excluding hydrogens is 280 g/mol. The molecule has 4 nitrogen and oxygen atoms in total. The van der Waals surface area contributed by atoms with Crippen LogP contribution in [-0.2, 0) is 18.9 Å². The first kappa shape index (κ1) is 21.8. The second-order valence-corrected chi connectivity index (χ2v) is 5.48. The monoisotopic (exact) mass is 318 g/mol. The lowest BCUT2D eigenvalue weighted by atomic mass is 10.1. The van der Waals surface area contributed by atoms with E-state index in [9.17, 15) is 0 Å². The van der Waals surface area contributed by atoms with Gasteiger partial charge in [-0.15, -0.1) is 0 Å². The molecule has 0 unspecified atom stereocenters. The Hall–Kier alpha value is -0.160. The number of rotatable bonds is 17. The maximum absolute atomic E-state index is 5.74. The smallest absolute Gasteiger partial charge is 0.304 e. The maximum Gasteiger partial charge on any atom is 0.412 e. The van der Waals surface area contributed by atoms with Crippen LogP contribution in [0.3, 0.4) is 0 Å². The fraction of sp³-hybridized carbons (Fsp3) is 1.00. The van der Waals surface area contributed by atoms with E-state index in [-0.39, 0.29) is 0 Å². The summed E-state index contributed by atoms with van der Waals surface area (Å²) in [5, 5.41) is 0. The van der Waals surface area contributed by atoms with Crippen molar-refractivity contribution in [2.24, 2.45) is 0 Å². The third-order valence-corrected chi connectivity index (χ3v) is 3.49. The van der Waals surface area contributed by atoms with Crippen molar-refractivity contribution in [3.63, 3.8) is 0 Å². The molecule has 0 fully saturated rings. The van der Waals surface area contributed by atoms with Gasteiger partial charge in [-0.3, -0.25) is 0 Å². The van der Waals surface area contributed by atoms with Crippen molar-refractivity contribution in [3.8, 4) is 0 Å². The van der Waals surface area contributed by atoms with Gasteiger partial charge in [0.15, 0.2) is 0 Å². The first-order valence-corrected chi connectivity index (χ1v) is 9.30. The highest BCUT2D eigenvalue weighted by atomic mass is 17.0. The highest BCUT2D eigenvalue weighted by Gasteiger charge is 2.34. The standard InChI is InChI=1S/C18H38O4/c1-5-9-10-11-12-13-14-15-16-17-22-18(19-6-2,20-7-3)21-8-4/h5-17H2,1-4H3. The number of hydrogen-bond donors (Lipinski definition) is 0. The lowest BCUT2D eigenvalue weighted by molar-refractivity contribution is -0.496. The molecule has 0 bridgehead atoms. The topological polar surface area (TPSA) is 36.9 Å². The van der Waals surface area contributed by atoms with Gasteiger partial charge >= 0.3 is 6.16 Å². The molecule has 0 aliphatic rings. The highest BCUT2D eigenvalue weighted by Crippen LogP contribution is 2.19. The second-order valence-electron chi connectivity index (χ2n) is 5.48. The van der Waals surface area contributed by atoms with Crippen LogP contribution in [0.5, 0.6) is 0 Å². The molecule has 22 heavy (non-hydrogen) atoms. The molecule has 0 atom stereocenters. The zero-order chi connectivity index (χ0) is 16.5. The fourth-order valence-corrected chi connectivity index (χ4v) is 2.39. The first-order valence-electron chi connectivity index (χ1n) is 9.30. The number of unbranched alkanes of at least 4 members (excludes halogenated alkanes) is 8. The molecule has 0 saturated carbocycles. The summed E-state index contributed by atoms with van der Waals surface area (Å²) in [4.78, 5) is 0. The maximum atomic E-state index is 5.74. The van der Waals surface area contributed by atoms with E-state index in [4.69, 9.17) is 18.9 Å². The molecule has 0 spiro atoms. The Bertz CT molecular complexity index is 204. The average molecular weight is 318 g/mol. The van der Waals surface area contributed by atoms with Crippen molar-refractivity contribution in [3.05, 3.63) is 0 Å². The van der Waals surface area contributed by atoms with Crippen molar-refractivity contribution in [1.82, 2.24) is 0 Å². The summed E-state index contributed by atoms with van der Waals surface area (Å²) in [6.45, 7) is 10.1. The molecule has 4 heteroatoms. The van der Waals surface area contributed by atoms with Gasteiger partial charge in [-0.05, 0) is 27.2 Å². The lowest BCUT2D eigenvalue weighted by Gasteiger charge is -2.31. The Labute approximate surface area is 137 Å². The van der Waals surface area contributed by atoms with Crippen molar-refractivity contribution in [1.29, 1.82) is 0 Å². The van der Waals surface area contributed by atoms with Crippen LogP contribution in [-0.4, -0.2) is 32.6 Å². The van der Waals surface area contributed by atoms with Crippen molar-refractivity contribution >= 4 is 0 Å². The average Bonchev–Trinajstić information content (AvgIpc) is 2.50. The van der Waals surface area contributed by atoms with Gasteiger partial charge in [-0.2, -0.15) is 0 Å². The molecule has 0 aliphatic heterocycles. The first-order chi connectivity index (χ1) is 10.7. The van der Waals surface area contributed by atoms with Gasteiger partial charge in [0, 0.05) is 0 Å². The molecule has 0 aliphatic carbocycles. The molecule has 0 amide bonds. The molecule has 0 radical (unpaired) electrons. The molecule has 0 saturated heterocycles. The van der Waals surface area contributed by atoms with E-state index in [0.29, 0.717) is 26.4 Å². The lowest BCUT2D eigenvalue weighted by Crippen LogP contribution is -2.42. The zero-order valence-corrected chi connectivity index (χ0v) is 15.3. The van der Waals surface area contributed by atoms with E-state index >= 15 is 0 Å². The van der Waals surface area contributed by atoms with Crippen LogP contribution < -0.4 is 0 Å². The summed E-state index contributed by atoms with van der Waals surface area (Å²) in [6, 6.07) is 0. The van der Waals surface area contributed by atoms with Gasteiger partial charge in [0.25, 0.3) is 0 Å². The largest absolute Gasteiger partial charge is 0.412 e. The molecule has 0 aromatic carbocycles. The normalized spacial score (nSPS) is 12.0. The van der Waals surface area contributed by atoms with E-state index in [2.05, 4.69) is 6.92 Å². The number of hydrogen-bond acceptors (Lipinski definition) is 4. The third-order valence-electron chi connectivity index (χ3n) is 3.49. The van der Waals surface area contributed by atoms with Crippen LogP contribution in [0.25, 0.3) is 0 Å². The van der Waals surface area contributed by atoms with Crippen LogP contribution in [0.2, 0.25) is 0 Å². The van der Waals surface area contributed by atoms with E-state index in [1.54, 1.807) is 0 Å². The summed E-state index contributed by atoms with van der Waals surface area (Å²) in [6.07, 6.45) is 10.3. The van der Waals surface area contributed by atoms with Crippen LogP contribution in [0.15, 0.2) is 0 Å². The minimum atomic E-state index is -1.31. The van der Waals surface area contributed by atoms with Gasteiger partial charge in [0.05, 0.1) is 26.4 Å². The van der Waals surface area contributed by atoms with Crippen LogP contribution >= 0.6 is 0 Å². The van der Waals surface area contributed by atoms with Crippen molar-refractivity contribution < 1.29 is 18.9 Å². The fourth-order valence-electron chi connectivity index (χ4n) is 2.39. The summed E-state index contributed by atoms with van der Waals surface area (Å²) >= 11 is 0. The van der Waals surface area contributed by atoms with E-state index < -0.39 is 6.16 Å². The number of ether oxygens (including phenoxy) is 4. The minimum Gasteiger partial charge on any atom is -0.304 e. The predicted octanol–water partition coefficient (Wildman–Crippen LogP) is 5.25. The summed E-state index contributed by atoms with van der Waals surface area (Å²) in [5.41, 5.74) is 0. The quantitative estimate of drug-likeness (QED) is 0.271. The Morgan fingerprint density at radius 1 is 0.500 bits per heavy atom. The molecular formula is C18H38O4. The van der Waals surface area contributed by atoms with Crippen LogP contribution in [0.1, 0.15) is 85.5 Å². The molecule has 0 N–H and O–H groups in total. The predicted molar refractivity (Wildman–Crippen MR) is 90.8 cm³/mol.